The van der Waals surface area contributed by atoms with Crippen LogP contribution in [0.5, 0.6) is 0 Å². The van der Waals surface area contributed by atoms with Crippen LogP contribution < -0.4 is 10.6 Å². The summed E-state index contributed by atoms with van der Waals surface area (Å²) < 4.78 is 5.40. The Kier molecular flexibility index (Phi) is 8.70. The Morgan fingerprint density at radius 2 is 1.90 bits per heavy atom. The Morgan fingerprint density at radius 3 is 2.59 bits per heavy atom. The van der Waals surface area contributed by atoms with Crippen molar-refractivity contribution in [3.05, 3.63) is 39.9 Å². The number of ether oxygens (including phenoxy) is 1. The first-order valence-electron chi connectivity index (χ1n) is 10.8. The number of hydrogen-bond donors (Lipinski definition) is 2. The Hall–Kier alpha value is -2.19. The van der Waals surface area contributed by atoms with Crippen LogP contribution >= 0.6 is 0 Å². The summed E-state index contributed by atoms with van der Waals surface area (Å²) in [7, 11) is 0. The molecule has 2 N–H and O–H groups in total. The van der Waals surface area contributed by atoms with Crippen LogP contribution in [-0.4, -0.2) is 61.2 Å². The zero-order valence-corrected chi connectivity index (χ0v) is 17.1. The van der Waals surface area contributed by atoms with E-state index in [-0.39, 0.29) is 10.6 Å². The molecular formula is C21H33N5O3. The smallest absolute Gasteiger partial charge is 0.269 e. The van der Waals surface area contributed by atoms with Crippen molar-refractivity contribution in [3.63, 3.8) is 0 Å². The Balaban J connectivity index is 1.51. The number of guanidine groups is 1. The molecule has 1 aliphatic heterocycles. The molecule has 1 aromatic carbocycles. The van der Waals surface area contributed by atoms with Crippen molar-refractivity contribution in [3.8, 4) is 0 Å². The first-order chi connectivity index (χ1) is 14.2. The molecule has 0 atom stereocenters. The summed E-state index contributed by atoms with van der Waals surface area (Å²) in [6, 6.07) is 7.10. The van der Waals surface area contributed by atoms with Crippen LogP contribution in [0.25, 0.3) is 0 Å². The van der Waals surface area contributed by atoms with Gasteiger partial charge in [-0.25, -0.2) is 4.99 Å². The molecule has 1 saturated heterocycles. The molecule has 8 nitrogen and oxygen atoms in total. The predicted molar refractivity (Wildman–Crippen MR) is 114 cm³/mol. The van der Waals surface area contributed by atoms with Gasteiger partial charge in [0.15, 0.2) is 5.96 Å². The molecule has 2 fully saturated rings. The van der Waals surface area contributed by atoms with Crippen molar-refractivity contribution in [2.75, 3.05) is 39.4 Å². The molecule has 1 saturated carbocycles. The van der Waals surface area contributed by atoms with Gasteiger partial charge in [-0.3, -0.25) is 15.0 Å². The van der Waals surface area contributed by atoms with Crippen molar-refractivity contribution in [1.29, 1.82) is 0 Å². The number of nitrogens with zero attached hydrogens (tertiary/aromatic N) is 3. The van der Waals surface area contributed by atoms with Crippen LogP contribution in [0.3, 0.4) is 0 Å². The Bertz CT molecular complexity index is 653. The third-order valence-corrected chi connectivity index (χ3v) is 5.56. The third-order valence-electron chi connectivity index (χ3n) is 5.56. The van der Waals surface area contributed by atoms with Crippen LogP contribution in [0.1, 0.15) is 44.1 Å². The molecule has 1 aliphatic carbocycles. The zero-order valence-electron chi connectivity index (χ0n) is 17.1. The lowest BCUT2D eigenvalue weighted by molar-refractivity contribution is -0.384. The van der Waals surface area contributed by atoms with Gasteiger partial charge in [0, 0.05) is 37.8 Å². The van der Waals surface area contributed by atoms with Crippen molar-refractivity contribution >= 4 is 11.6 Å². The summed E-state index contributed by atoms with van der Waals surface area (Å²) in [4.78, 5) is 17.6. The number of nitrogens with one attached hydrogen (secondary N) is 2. The van der Waals surface area contributed by atoms with Gasteiger partial charge >= 0.3 is 0 Å². The Morgan fingerprint density at radius 1 is 1.17 bits per heavy atom. The van der Waals surface area contributed by atoms with Crippen molar-refractivity contribution in [1.82, 2.24) is 15.5 Å². The van der Waals surface area contributed by atoms with Crippen LogP contribution in [0, 0.1) is 10.1 Å². The average molecular weight is 404 g/mol. The molecule has 160 valence electrons. The van der Waals surface area contributed by atoms with E-state index in [2.05, 4.69) is 15.5 Å². The summed E-state index contributed by atoms with van der Waals surface area (Å²) in [6.07, 6.45) is 7.29. The van der Waals surface area contributed by atoms with E-state index >= 15 is 0 Å². The van der Waals surface area contributed by atoms with Crippen LogP contribution in [-0.2, 0) is 11.3 Å². The minimum atomic E-state index is -0.376. The second-order valence-corrected chi connectivity index (χ2v) is 7.80. The zero-order chi connectivity index (χ0) is 20.3. The lowest BCUT2D eigenvalue weighted by Crippen LogP contribution is -2.45. The van der Waals surface area contributed by atoms with Gasteiger partial charge < -0.3 is 15.4 Å². The predicted octanol–water partition coefficient (Wildman–Crippen LogP) is 2.69. The van der Waals surface area contributed by atoms with Gasteiger partial charge in [-0.05, 0) is 31.4 Å². The minimum Gasteiger partial charge on any atom is -0.379 e. The van der Waals surface area contributed by atoms with Crippen molar-refractivity contribution in [2.24, 2.45) is 4.99 Å². The SMILES string of the molecule is O=[N+]([O-])c1ccc(CN=C(NCCCN2CCOCC2)NC2CCCCC2)cc1. The summed E-state index contributed by atoms with van der Waals surface area (Å²) in [5, 5.41) is 17.9. The van der Waals surface area contributed by atoms with Gasteiger partial charge in [0.05, 0.1) is 24.7 Å². The van der Waals surface area contributed by atoms with Gasteiger partial charge in [-0.15, -0.1) is 0 Å². The van der Waals surface area contributed by atoms with E-state index in [1.807, 2.05) is 0 Å². The largest absolute Gasteiger partial charge is 0.379 e. The molecule has 0 unspecified atom stereocenters. The number of nitro benzene ring substituents is 1. The highest BCUT2D eigenvalue weighted by Gasteiger charge is 2.15. The van der Waals surface area contributed by atoms with E-state index < -0.39 is 0 Å². The molecule has 1 heterocycles. The number of rotatable bonds is 8. The second-order valence-electron chi connectivity index (χ2n) is 7.80. The van der Waals surface area contributed by atoms with Gasteiger partial charge in [0.2, 0.25) is 0 Å². The van der Waals surface area contributed by atoms with Gasteiger partial charge in [0.1, 0.15) is 0 Å². The van der Waals surface area contributed by atoms with Crippen molar-refractivity contribution < 1.29 is 9.66 Å². The standard InChI is InChI=1S/C21H33N5O3/c27-26(28)20-9-7-18(8-10-20)17-23-21(24-19-5-2-1-3-6-19)22-11-4-12-25-13-15-29-16-14-25/h7-10,19H,1-6,11-17H2,(H2,22,23,24). The van der Waals surface area contributed by atoms with E-state index in [0.717, 1.165) is 57.3 Å². The molecule has 3 rings (SSSR count). The van der Waals surface area contributed by atoms with Gasteiger partial charge in [0.25, 0.3) is 5.69 Å². The number of morpholine rings is 1. The van der Waals surface area contributed by atoms with E-state index in [1.54, 1.807) is 12.1 Å². The number of non-ortho nitro benzene ring substituents is 1. The molecule has 0 spiro atoms. The molecule has 2 aliphatic rings. The highest BCUT2D eigenvalue weighted by atomic mass is 16.6. The number of nitro groups is 1. The fourth-order valence-electron chi connectivity index (χ4n) is 3.82. The third kappa shape index (κ3) is 7.62. The van der Waals surface area contributed by atoms with Crippen molar-refractivity contribution in [2.45, 2.75) is 51.1 Å². The normalized spacial score (nSPS) is 19.1. The van der Waals surface area contributed by atoms with Crippen LogP contribution in [0.4, 0.5) is 5.69 Å². The summed E-state index contributed by atoms with van der Waals surface area (Å²) in [5.41, 5.74) is 1.08. The monoisotopic (exact) mass is 403 g/mol. The fourth-order valence-corrected chi connectivity index (χ4v) is 3.82. The van der Waals surface area contributed by atoms with E-state index in [0.29, 0.717) is 12.6 Å². The molecular weight excluding hydrogens is 370 g/mol. The molecule has 0 bridgehead atoms. The number of hydrogen-bond acceptors (Lipinski definition) is 5. The molecule has 0 radical (unpaired) electrons. The lowest BCUT2D eigenvalue weighted by Gasteiger charge is -2.27. The summed E-state index contributed by atoms with van der Waals surface area (Å²) in [6.45, 7) is 6.13. The van der Waals surface area contributed by atoms with E-state index in [1.165, 1.54) is 44.2 Å². The topological polar surface area (TPSA) is 92.0 Å². The van der Waals surface area contributed by atoms with E-state index in [4.69, 9.17) is 9.73 Å². The van der Waals surface area contributed by atoms with Crippen LogP contribution in [0.15, 0.2) is 29.3 Å². The highest BCUT2D eigenvalue weighted by molar-refractivity contribution is 5.80. The summed E-state index contributed by atoms with van der Waals surface area (Å²) in [5.74, 6) is 0.845. The van der Waals surface area contributed by atoms with E-state index in [9.17, 15) is 10.1 Å². The number of aliphatic imine (C=N–C) groups is 1. The fraction of sp³-hybridized carbons (Fsp3) is 0.667. The second kappa shape index (κ2) is 11.7. The molecule has 29 heavy (non-hydrogen) atoms. The minimum absolute atomic E-state index is 0.111. The first-order valence-corrected chi connectivity index (χ1v) is 10.8. The Labute approximate surface area is 172 Å². The van der Waals surface area contributed by atoms with Gasteiger partial charge in [-0.1, -0.05) is 31.4 Å². The molecule has 8 heteroatoms. The lowest BCUT2D eigenvalue weighted by atomic mass is 9.96. The first kappa shape index (κ1) is 21.5. The maximum Gasteiger partial charge on any atom is 0.269 e. The maximum absolute atomic E-state index is 10.8. The highest BCUT2D eigenvalue weighted by Crippen LogP contribution is 2.17. The number of benzene rings is 1. The molecule has 0 amide bonds. The maximum atomic E-state index is 10.8. The van der Waals surface area contributed by atoms with Crippen LogP contribution in [0.2, 0.25) is 0 Å². The molecule has 1 aromatic rings. The average Bonchev–Trinajstić information content (AvgIpc) is 2.76. The summed E-state index contributed by atoms with van der Waals surface area (Å²) >= 11 is 0. The van der Waals surface area contributed by atoms with Gasteiger partial charge in [-0.2, -0.15) is 0 Å². The quantitative estimate of drug-likeness (QED) is 0.228. The molecule has 0 aromatic heterocycles.